The van der Waals surface area contributed by atoms with Gasteiger partial charge in [0.05, 0.1) is 4.92 Å². The highest BCUT2D eigenvalue weighted by molar-refractivity contribution is 6.00. The number of amides is 1. The van der Waals surface area contributed by atoms with Gasteiger partial charge in [0.15, 0.2) is 0 Å². The molecule has 1 aromatic heterocycles. The van der Waals surface area contributed by atoms with Gasteiger partial charge in [0.1, 0.15) is 0 Å². The lowest BCUT2D eigenvalue weighted by molar-refractivity contribution is -0.384. The summed E-state index contributed by atoms with van der Waals surface area (Å²) in [6.45, 7) is 3.63. The summed E-state index contributed by atoms with van der Waals surface area (Å²) < 4.78 is 0. The largest absolute Gasteiger partial charge is 0.291 e. The fraction of sp³-hybridized carbons (Fsp3) is 0.133. The summed E-state index contributed by atoms with van der Waals surface area (Å²) in [6, 6.07) is 7.70. The molecule has 7 nitrogen and oxygen atoms in total. The Bertz CT molecular complexity index is 719. The SMILES string of the molecule is Cc1cc(C)nc(NC(=O)/C=C/c2ccc([N+](=O)[O-])cc2)n1. The molecule has 0 saturated heterocycles. The van der Waals surface area contributed by atoms with Crippen molar-refractivity contribution in [2.24, 2.45) is 0 Å². The van der Waals surface area contributed by atoms with Crippen LogP contribution in [0.5, 0.6) is 0 Å². The monoisotopic (exact) mass is 298 g/mol. The molecule has 7 heteroatoms. The Morgan fingerprint density at radius 2 is 1.77 bits per heavy atom. The molecule has 0 unspecified atom stereocenters. The van der Waals surface area contributed by atoms with Crippen molar-refractivity contribution in [1.29, 1.82) is 0 Å². The molecule has 1 amide bonds. The Balaban J connectivity index is 2.03. The van der Waals surface area contributed by atoms with Gasteiger partial charge in [-0.15, -0.1) is 0 Å². The van der Waals surface area contributed by atoms with E-state index in [1.54, 1.807) is 18.2 Å². The highest BCUT2D eigenvalue weighted by atomic mass is 16.6. The Kier molecular flexibility index (Phi) is 4.57. The Morgan fingerprint density at radius 1 is 1.18 bits per heavy atom. The smallest absolute Gasteiger partial charge is 0.269 e. The average molecular weight is 298 g/mol. The topological polar surface area (TPSA) is 98.0 Å². The van der Waals surface area contributed by atoms with Gasteiger partial charge in [-0.05, 0) is 43.7 Å². The summed E-state index contributed by atoms with van der Waals surface area (Å²) in [6.07, 6.45) is 2.88. The standard InChI is InChI=1S/C15H14N4O3/c1-10-9-11(2)17-15(16-10)18-14(20)8-5-12-3-6-13(7-4-12)19(21)22/h3-9H,1-2H3,(H,16,17,18,20)/b8-5+. The first-order valence-corrected chi connectivity index (χ1v) is 6.50. The van der Waals surface area contributed by atoms with Crippen molar-refractivity contribution in [2.45, 2.75) is 13.8 Å². The molecule has 0 radical (unpaired) electrons. The molecule has 1 heterocycles. The van der Waals surface area contributed by atoms with Crippen molar-refractivity contribution in [2.75, 3.05) is 5.32 Å². The summed E-state index contributed by atoms with van der Waals surface area (Å²) >= 11 is 0. The minimum Gasteiger partial charge on any atom is -0.291 e. The second-order valence-corrected chi connectivity index (χ2v) is 4.65. The number of aromatic nitrogens is 2. The lowest BCUT2D eigenvalue weighted by Crippen LogP contribution is -2.11. The van der Waals surface area contributed by atoms with Crippen LogP contribution in [-0.4, -0.2) is 20.8 Å². The van der Waals surface area contributed by atoms with Crippen LogP contribution in [0, 0.1) is 24.0 Å². The highest BCUT2D eigenvalue weighted by Crippen LogP contribution is 2.13. The van der Waals surface area contributed by atoms with E-state index in [4.69, 9.17) is 0 Å². The number of anilines is 1. The van der Waals surface area contributed by atoms with E-state index >= 15 is 0 Å². The van der Waals surface area contributed by atoms with Crippen LogP contribution in [0.3, 0.4) is 0 Å². The molecule has 112 valence electrons. The van der Waals surface area contributed by atoms with Gasteiger partial charge in [-0.3, -0.25) is 20.2 Å². The third-order valence-electron chi connectivity index (χ3n) is 2.75. The summed E-state index contributed by atoms with van der Waals surface area (Å²) in [5.74, 6) is -0.126. The number of rotatable bonds is 4. The number of aryl methyl sites for hydroxylation is 2. The number of non-ortho nitro benzene ring substituents is 1. The molecule has 2 aromatic rings. The van der Waals surface area contributed by atoms with Gasteiger partial charge in [-0.2, -0.15) is 0 Å². The van der Waals surface area contributed by atoms with E-state index in [0.717, 1.165) is 11.4 Å². The van der Waals surface area contributed by atoms with Gasteiger partial charge in [0.25, 0.3) is 11.6 Å². The summed E-state index contributed by atoms with van der Waals surface area (Å²) in [5, 5.41) is 13.1. The van der Waals surface area contributed by atoms with Gasteiger partial charge in [-0.1, -0.05) is 0 Å². The lowest BCUT2D eigenvalue weighted by Gasteiger charge is -2.02. The number of carbonyl (C=O) groups excluding carboxylic acids is 1. The zero-order chi connectivity index (χ0) is 16.1. The summed E-state index contributed by atoms with van der Waals surface area (Å²) in [5.41, 5.74) is 2.22. The second kappa shape index (κ2) is 6.57. The van der Waals surface area contributed by atoms with Crippen LogP contribution >= 0.6 is 0 Å². The molecule has 1 N–H and O–H groups in total. The van der Waals surface area contributed by atoms with Gasteiger partial charge in [-0.25, -0.2) is 9.97 Å². The van der Waals surface area contributed by atoms with Crippen molar-refractivity contribution in [3.63, 3.8) is 0 Å². The van der Waals surface area contributed by atoms with Crippen molar-refractivity contribution < 1.29 is 9.72 Å². The van der Waals surface area contributed by atoms with Gasteiger partial charge in [0, 0.05) is 29.6 Å². The fourth-order valence-electron chi connectivity index (χ4n) is 1.81. The molecule has 1 aromatic carbocycles. The number of hydrogen-bond donors (Lipinski definition) is 1. The predicted octanol–water partition coefficient (Wildman–Crippen LogP) is 2.65. The number of benzene rings is 1. The van der Waals surface area contributed by atoms with Gasteiger partial charge >= 0.3 is 0 Å². The maximum atomic E-state index is 11.8. The van der Waals surface area contributed by atoms with E-state index in [1.165, 1.54) is 18.2 Å². The van der Waals surface area contributed by atoms with Crippen molar-refractivity contribution >= 4 is 23.6 Å². The van der Waals surface area contributed by atoms with Crippen LogP contribution in [-0.2, 0) is 4.79 Å². The zero-order valence-corrected chi connectivity index (χ0v) is 12.1. The minimum absolute atomic E-state index is 0.00485. The third kappa shape index (κ3) is 4.20. The van der Waals surface area contributed by atoms with Gasteiger partial charge < -0.3 is 0 Å². The Labute approximate surface area is 126 Å². The molecular weight excluding hydrogens is 284 g/mol. The Hall–Kier alpha value is -3.09. The van der Waals surface area contributed by atoms with Crippen molar-refractivity contribution in [1.82, 2.24) is 9.97 Å². The summed E-state index contributed by atoms with van der Waals surface area (Å²) in [4.78, 5) is 30.1. The Morgan fingerprint density at radius 3 is 2.32 bits per heavy atom. The predicted molar refractivity (Wildman–Crippen MR) is 82.3 cm³/mol. The number of carbonyl (C=O) groups is 1. The van der Waals surface area contributed by atoms with Crippen molar-refractivity contribution in [3.05, 3.63) is 63.5 Å². The van der Waals surface area contributed by atoms with E-state index < -0.39 is 4.92 Å². The molecule has 0 atom stereocenters. The highest BCUT2D eigenvalue weighted by Gasteiger charge is 2.04. The molecule has 0 bridgehead atoms. The first-order chi connectivity index (χ1) is 10.4. The van der Waals surface area contributed by atoms with E-state index in [-0.39, 0.29) is 17.5 Å². The van der Waals surface area contributed by atoms with E-state index in [9.17, 15) is 14.9 Å². The number of nitro groups is 1. The molecule has 0 saturated carbocycles. The molecular formula is C15H14N4O3. The van der Waals surface area contributed by atoms with E-state index in [1.807, 2.05) is 19.9 Å². The minimum atomic E-state index is -0.475. The first-order valence-electron chi connectivity index (χ1n) is 6.50. The first kappa shape index (κ1) is 15.3. The normalized spacial score (nSPS) is 10.6. The van der Waals surface area contributed by atoms with Crippen LogP contribution in [0.25, 0.3) is 6.08 Å². The molecule has 0 aliphatic rings. The summed E-state index contributed by atoms with van der Waals surface area (Å²) in [7, 11) is 0. The maximum Gasteiger partial charge on any atom is 0.269 e. The number of nitro benzene ring substituents is 1. The molecule has 22 heavy (non-hydrogen) atoms. The number of nitrogens with zero attached hydrogens (tertiary/aromatic N) is 3. The molecule has 2 rings (SSSR count). The van der Waals surface area contributed by atoms with E-state index in [0.29, 0.717) is 5.56 Å². The maximum absolute atomic E-state index is 11.8. The molecule has 0 aliphatic carbocycles. The lowest BCUT2D eigenvalue weighted by atomic mass is 10.2. The molecule has 0 spiro atoms. The number of hydrogen-bond acceptors (Lipinski definition) is 5. The third-order valence-corrected chi connectivity index (χ3v) is 2.75. The van der Waals surface area contributed by atoms with Crippen LogP contribution in [0.4, 0.5) is 11.6 Å². The fourth-order valence-corrected chi connectivity index (χ4v) is 1.81. The molecule has 0 fully saturated rings. The zero-order valence-electron chi connectivity index (χ0n) is 12.1. The van der Waals surface area contributed by atoms with Crippen LogP contribution < -0.4 is 5.32 Å². The van der Waals surface area contributed by atoms with Crippen LogP contribution in [0.2, 0.25) is 0 Å². The second-order valence-electron chi connectivity index (χ2n) is 4.65. The molecule has 0 aliphatic heterocycles. The number of nitrogens with one attached hydrogen (secondary N) is 1. The van der Waals surface area contributed by atoms with E-state index in [2.05, 4.69) is 15.3 Å². The van der Waals surface area contributed by atoms with Crippen LogP contribution in [0.15, 0.2) is 36.4 Å². The van der Waals surface area contributed by atoms with Crippen molar-refractivity contribution in [3.8, 4) is 0 Å². The quantitative estimate of drug-likeness (QED) is 0.531. The van der Waals surface area contributed by atoms with Crippen LogP contribution in [0.1, 0.15) is 17.0 Å². The van der Waals surface area contributed by atoms with Gasteiger partial charge in [0.2, 0.25) is 5.95 Å². The average Bonchev–Trinajstić information content (AvgIpc) is 2.44.